The van der Waals surface area contributed by atoms with E-state index in [1.165, 1.54) is 327 Å². The number of aliphatic carboxylic acids is 3. The summed E-state index contributed by atoms with van der Waals surface area (Å²) in [6.45, 7) is 6.84. The van der Waals surface area contributed by atoms with Crippen LogP contribution in [0.5, 0.6) is 0 Å². The number of hydrogen-bond acceptors (Lipinski definition) is 6. The third-order valence-electron chi connectivity index (χ3n) is 15.0. The van der Waals surface area contributed by atoms with Crippen molar-refractivity contribution in [1.82, 2.24) is 0 Å². The summed E-state index contributed by atoms with van der Waals surface area (Å²) in [6, 6.07) is 0. The van der Waals surface area contributed by atoms with Crippen LogP contribution >= 0.6 is 0 Å². The molecule has 0 saturated heterocycles. The van der Waals surface area contributed by atoms with E-state index in [4.69, 9.17) is 0 Å². The van der Waals surface area contributed by atoms with Gasteiger partial charge in [-0.25, -0.2) is 0 Å². The summed E-state index contributed by atoms with van der Waals surface area (Å²) in [7, 11) is 0. The monoisotopic (exact) mass is 1040 g/mol. The maximum absolute atomic E-state index is 10.3. The van der Waals surface area contributed by atoms with Crippen LogP contribution in [0.15, 0.2) is 0 Å². The predicted molar refractivity (Wildman–Crippen MR) is 315 cm³/mol. The van der Waals surface area contributed by atoms with Gasteiger partial charge in [0.25, 0.3) is 0 Å². The van der Waals surface area contributed by atoms with Crippen molar-refractivity contribution < 1.29 is 29.7 Å². The maximum Gasteiger partial charge on any atom is 3.00 e. The van der Waals surface area contributed by atoms with E-state index in [2.05, 4.69) is 20.8 Å². The van der Waals surface area contributed by atoms with Crippen LogP contribution in [-0.2, 0) is 14.4 Å². The minimum atomic E-state index is -0.901. The molecule has 0 amide bonds. The number of carboxylic acids is 3. The first-order chi connectivity index (χ1) is 35.3. The van der Waals surface area contributed by atoms with Crippen molar-refractivity contribution in [2.24, 2.45) is 0 Å². The summed E-state index contributed by atoms with van der Waals surface area (Å²) >= 11 is 0. The summed E-state index contributed by atoms with van der Waals surface area (Å²) in [5, 5.41) is 30.8. The molecule has 432 valence electrons. The summed E-state index contributed by atoms with van der Waals surface area (Å²) in [5.41, 5.74) is 0. The average molecular weight is 1050 g/mol. The maximum atomic E-state index is 10.3. The topological polar surface area (TPSA) is 120 Å². The molecule has 0 saturated carbocycles. The Morgan fingerprint density at radius 3 is 0.342 bits per heavy atom. The second-order valence-corrected chi connectivity index (χ2v) is 22.5. The molecule has 0 bridgehead atoms. The number of unbranched alkanes of at least 4 members (excludes halogenated alkanes) is 54. The summed E-state index contributed by atoms with van der Waals surface area (Å²) in [4.78, 5) is 30.8. The quantitative estimate of drug-likeness (QED) is 0.0442. The Kier molecular flexibility index (Phi) is 80.8. The molecule has 73 heavy (non-hydrogen) atoms. The first kappa shape index (κ1) is 78.4. The summed E-state index contributed by atoms with van der Waals surface area (Å²) in [6.07, 6.45) is 77.2. The molecule has 0 aromatic rings. The van der Waals surface area contributed by atoms with Crippen LogP contribution in [0.2, 0.25) is 0 Å². The van der Waals surface area contributed by atoms with E-state index in [1.807, 2.05) is 0 Å². The van der Waals surface area contributed by atoms with Gasteiger partial charge in [0, 0.05) is 17.9 Å². The van der Waals surface area contributed by atoms with Crippen LogP contribution in [0.1, 0.15) is 406 Å². The van der Waals surface area contributed by atoms with Crippen molar-refractivity contribution in [2.45, 2.75) is 406 Å². The molecule has 0 N–H and O–H groups in total. The minimum Gasteiger partial charge on any atom is -0.550 e. The van der Waals surface area contributed by atoms with E-state index in [1.54, 1.807) is 0 Å². The molecular formula is C66H129AlO6. The smallest absolute Gasteiger partial charge is 0.550 e. The van der Waals surface area contributed by atoms with Crippen molar-refractivity contribution >= 4 is 35.3 Å². The fraction of sp³-hybridized carbons (Fsp3) is 0.955. The normalized spacial score (nSPS) is 10.9. The number of rotatable bonds is 60. The molecule has 0 fully saturated rings. The third-order valence-corrected chi connectivity index (χ3v) is 15.0. The summed E-state index contributed by atoms with van der Waals surface area (Å²) < 4.78 is 0. The zero-order valence-corrected chi connectivity index (χ0v) is 51.1. The minimum absolute atomic E-state index is 0. The Morgan fingerprint density at radius 2 is 0.260 bits per heavy atom. The molecule has 6 nitrogen and oxygen atoms in total. The van der Waals surface area contributed by atoms with Crippen LogP contribution < -0.4 is 15.3 Å². The fourth-order valence-electron chi connectivity index (χ4n) is 10.0. The molecule has 0 aliphatic heterocycles. The van der Waals surface area contributed by atoms with Gasteiger partial charge in [-0.15, -0.1) is 0 Å². The van der Waals surface area contributed by atoms with Gasteiger partial charge in [0.2, 0.25) is 0 Å². The molecule has 0 aliphatic rings. The number of carbonyl (C=O) groups is 3. The van der Waals surface area contributed by atoms with E-state index in [-0.39, 0.29) is 36.6 Å². The first-order valence-electron chi connectivity index (χ1n) is 32.9. The van der Waals surface area contributed by atoms with Crippen molar-refractivity contribution in [3.05, 3.63) is 0 Å². The Balaban J connectivity index is -0.000000486. The van der Waals surface area contributed by atoms with Gasteiger partial charge in [-0.05, 0) is 38.5 Å². The van der Waals surface area contributed by atoms with Gasteiger partial charge in [0.1, 0.15) is 0 Å². The largest absolute Gasteiger partial charge is 3.00 e. The van der Waals surface area contributed by atoms with E-state index in [0.29, 0.717) is 0 Å². The number of carboxylic acid groups (broad SMARTS) is 3. The summed E-state index contributed by atoms with van der Waals surface area (Å²) in [5.74, 6) is -2.70. The van der Waals surface area contributed by atoms with Crippen molar-refractivity contribution in [3.63, 3.8) is 0 Å². The van der Waals surface area contributed by atoms with Gasteiger partial charge in [-0.1, -0.05) is 367 Å². The molecular weight excluding hydrogens is 916 g/mol. The Hall–Kier alpha value is -1.06. The van der Waals surface area contributed by atoms with Gasteiger partial charge in [-0.2, -0.15) is 0 Å². The molecule has 0 aromatic heterocycles. The Bertz CT molecular complexity index is 882. The molecule has 0 aliphatic carbocycles. The standard InChI is InChI=1S/3C22H44O2.Al/c3*1-2-3-4-5-6-7-8-9-10-11-12-13-14-15-16-17-18-19-20-21-22(23)24;/h3*2-21H2,1H3,(H,23,24);/q;;;+3/p-3. The van der Waals surface area contributed by atoms with Crippen molar-refractivity contribution in [3.8, 4) is 0 Å². The van der Waals surface area contributed by atoms with Gasteiger partial charge in [0.15, 0.2) is 0 Å². The molecule has 0 rings (SSSR count). The number of hydrogen-bond donors (Lipinski definition) is 0. The molecule has 7 heteroatoms. The fourth-order valence-corrected chi connectivity index (χ4v) is 10.0. The van der Waals surface area contributed by atoms with Crippen molar-refractivity contribution in [1.29, 1.82) is 0 Å². The van der Waals surface area contributed by atoms with Crippen LogP contribution in [0, 0.1) is 0 Å². The van der Waals surface area contributed by atoms with Gasteiger partial charge in [0.05, 0.1) is 0 Å². The third kappa shape index (κ3) is 87.9. The van der Waals surface area contributed by atoms with E-state index in [9.17, 15) is 29.7 Å². The molecule has 0 aromatic carbocycles. The predicted octanol–water partition coefficient (Wildman–Crippen LogP) is 19.3. The second kappa shape index (κ2) is 75.2. The van der Waals surface area contributed by atoms with Gasteiger partial charge >= 0.3 is 17.4 Å². The van der Waals surface area contributed by atoms with Gasteiger partial charge in [-0.3, -0.25) is 0 Å². The zero-order valence-electron chi connectivity index (χ0n) is 50.0. The number of carbonyl (C=O) groups excluding carboxylic acids is 3. The average Bonchev–Trinajstić information content (AvgIpc) is 3.36. The van der Waals surface area contributed by atoms with Gasteiger partial charge < -0.3 is 29.7 Å². The van der Waals surface area contributed by atoms with Crippen LogP contribution in [0.3, 0.4) is 0 Å². The molecule has 0 radical (unpaired) electrons. The molecule has 0 atom stereocenters. The molecule has 0 unspecified atom stereocenters. The first-order valence-corrected chi connectivity index (χ1v) is 32.9. The Labute approximate surface area is 468 Å². The van der Waals surface area contributed by atoms with Crippen LogP contribution in [0.4, 0.5) is 0 Å². The van der Waals surface area contributed by atoms with E-state index >= 15 is 0 Å². The van der Waals surface area contributed by atoms with Crippen LogP contribution in [-0.4, -0.2) is 35.3 Å². The second-order valence-electron chi connectivity index (χ2n) is 22.5. The molecule has 0 spiro atoms. The Morgan fingerprint density at radius 1 is 0.178 bits per heavy atom. The van der Waals surface area contributed by atoms with E-state index in [0.717, 1.165) is 38.5 Å². The van der Waals surface area contributed by atoms with Crippen LogP contribution in [0.25, 0.3) is 0 Å². The molecule has 0 heterocycles. The zero-order chi connectivity index (χ0) is 53.2. The SMILES string of the molecule is CCCCCCCCCCCCCCCCCCCCCC(=O)[O-].CCCCCCCCCCCCCCCCCCCCCC(=O)[O-].CCCCCCCCCCCCCCCCCCCCCC(=O)[O-].[Al+3]. The van der Waals surface area contributed by atoms with E-state index < -0.39 is 17.9 Å². The van der Waals surface area contributed by atoms with Crippen molar-refractivity contribution in [2.75, 3.05) is 0 Å².